The van der Waals surface area contributed by atoms with Crippen LogP contribution in [0.1, 0.15) is 5.56 Å². The van der Waals surface area contributed by atoms with Gasteiger partial charge in [0.15, 0.2) is 0 Å². The second-order valence-electron chi connectivity index (χ2n) is 4.44. The van der Waals surface area contributed by atoms with Gasteiger partial charge < -0.3 is 5.32 Å². The zero-order chi connectivity index (χ0) is 14.9. The Morgan fingerprint density at radius 1 is 0.857 bits per heavy atom. The maximum atomic E-state index is 12.5. The van der Waals surface area contributed by atoms with Crippen LogP contribution in [0.4, 0.5) is 24.7 Å². The third-order valence-electron chi connectivity index (χ3n) is 2.93. The van der Waals surface area contributed by atoms with Crippen molar-refractivity contribution in [3.63, 3.8) is 0 Å². The van der Waals surface area contributed by atoms with Gasteiger partial charge in [-0.25, -0.2) is 4.98 Å². The average Bonchev–Trinajstić information content (AvgIpc) is 2.47. The van der Waals surface area contributed by atoms with Gasteiger partial charge in [0.05, 0.1) is 22.8 Å². The van der Waals surface area contributed by atoms with Crippen LogP contribution in [0.2, 0.25) is 0 Å². The Kier molecular flexibility index (Phi) is 3.21. The molecule has 3 rings (SSSR count). The van der Waals surface area contributed by atoms with Crippen molar-refractivity contribution in [3.8, 4) is 0 Å². The Hall–Kier alpha value is -2.63. The highest BCUT2D eigenvalue weighted by Gasteiger charge is 2.29. The molecule has 0 bridgehead atoms. The molecule has 0 saturated heterocycles. The summed E-state index contributed by atoms with van der Waals surface area (Å²) in [6.07, 6.45) is -2.79. The smallest absolute Gasteiger partial charge is 0.339 e. The van der Waals surface area contributed by atoms with Crippen molar-refractivity contribution in [1.29, 1.82) is 0 Å². The summed E-state index contributed by atoms with van der Waals surface area (Å²) in [6, 6.07) is 12.1. The van der Waals surface area contributed by atoms with E-state index in [4.69, 9.17) is 0 Å². The highest BCUT2D eigenvalue weighted by molar-refractivity contribution is 5.76. The molecule has 0 saturated carbocycles. The van der Waals surface area contributed by atoms with E-state index in [9.17, 15) is 13.2 Å². The maximum absolute atomic E-state index is 12.5. The first-order valence-electron chi connectivity index (χ1n) is 6.18. The molecule has 1 heterocycles. The number of fused-ring (bicyclic) bond motifs is 1. The first-order valence-corrected chi connectivity index (χ1v) is 6.18. The molecule has 0 atom stereocenters. The Labute approximate surface area is 118 Å². The van der Waals surface area contributed by atoms with E-state index in [-0.39, 0.29) is 0 Å². The summed E-state index contributed by atoms with van der Waals surface area (Å²) in [5, 5.41) is 2.93. The third-order valence-corrected chi connectivity index (χ3v) is 2.93. The van der Waals surface area contributed by atoms with Crippen LogP contribution in [0.15, 0.2) is 54.7 Å². The first kappa shape index (κ1) is 13.4. The molecule has 0 aliphatic carbocycles. The molecule has 0 spiro atoms. The molecule has 2 aromatic carbocycles. The Morgan fingerprint density at radius 2 is 1.52 bits per heavy atom. The number of hydrogen-bond acceptors (Lipinski definition) is 3. The van der Waals surface area contributed by atoms with Gasteiger partial charge in [-0.05, 0) is 36.4 Å². The SMILES string of the molecule is FC(F)(F)c1ccc(Nc2cnc3ccccc3n2)cc1. The van der Waals surface area contributed by atoms with E-state index in [0.29, 0.717) is 11.5 Å². The predicted octanol–water partition coefficient (Wildman–Crippen LogP) is 4.39. The van der Waals surface area contributed by atoms with Crippen molar-refractivity contribution in [2.75, 3.05) is 5.32 Å². The van der Waals surface area contributed by atoms with Gasteiger partial charge in [-0.3, -0.25) is 4.98 Å². The number of hydrogen-bond donors (Lipinski definition) is 1. The first-order chi connectivity index (χ1) is 10.0. The Bertz CT molecular complexity index is 767. The maximum Gasteiger partial charge on any atom is 0.416 e. The van der Waals surface area contributed by atoms with Crippen LogP contribution >= 0.6 is 0 Å². The average molecular weight is 289 g/mol. The summed E-state index contributed by atoms with van der Waals surface area (Å²) in [5.41, 5.74) is 1.31. The van der Waals surface area contributed by atoms with Gasteiger partial charge >= 0.3 is 6.18 Å². The third kappa shape index (κ3) is 2.94. The molecule has 1 aromatic heterocycles. The second-order valence-corrected chi connectivity index (χ2v) is 4.44. The van der Waals surface area contributed by atoms with Crippen molar-refractivity contribution in [2.24, 2.45) is 0 Å². The van der Waals surface area contributed by atoms with Crippen LogP contribution in [0, 0.1) is 0 Å². The van der Waals surface area contributed by atoms with Gasteiger partial charge in [0, 0.05) is 5.69 Å². The van der Waals surface area contributed by atoms with Gasteiger partial charge in [0.2, 0.25) is 0 Å². The van der Waals surface area contributed by atoms with Crippen LogP contribution in [0.5, 0.6) is 0 Å². The van der Waals surface area contributed by atoms with Crippen molar-refractivity contribution >= 4 is 22.5 Å². The van der Waals surface area contributed by atoms with Crippen molar-refractivity contribution in [3.05, 3.63) is 60.3 Å². The molecule has 0 radical (unpaired) electrons. The number of benzene rings is 2. The minimum atomic E-state index is -4.33. The molecule has 6 heteroatoms. The fourth-order valence-corrected chi connectivity index (χ4v) is 1.91. The minimum absolute atomic E-state index is 0.480. The topological polar surface area (TPSA) is 37.8 Å². The monoisotopic (exact) mass is 289 g/mol. The van der Waals surface area contributed by atoms with E-state index >= 15 is 0 Å². The lowest BCUT2D eigenvalue weighted by atomic mass is 10.2. The van der Waals surface area contributed by atoms with E-state index < -0.39 is 11.7 Å². The second kappa shape index (κ2) is 5.05. The molecular weight excluding hydrogens is 279 g/mol. The highest BCUT2D eigenvalue weighted by atomic mass is 19.4. The van der Waals surface area contributed by atoms with Crippen molar-refractivity contribution < 1.29 is 13.2 Å². The summed E-state index contributed by atoms with van der Waals surface area (Å²) in [6.45, 7) is 0. The molecule has 106 valence electrons. The van der Waals surface area contributed by atoms with Crippen LogP contribution in [0.3, 0.4) is 0 Å². The summed E-state index contributed by atoms with van der Waals surface area (Å²) < 4.78 is 37.4. The normalized spacial score (nSPS) is 11.6. The van der Waals surface area contributed by atoms with Crippen LogP contribution in [-0.2, 0) is 6.18 Å². The van der Waals surface area contributed by atoms with Crippen LogP contribution in [-0.4, -0.2) is 9.97 Å². The summed E-state index contributed by atoms with van der Waals surface area (Å²) in [7, 11) is 0. The number of para-hydroxylation sites is 2. The van der Waals surface area contributed by atoms with Crippen LogP contribution < -0.4 is 5.32 Å². The number of rotatable bonds is 2. The Balaban J connectivity index is 1.84. The molecule has 0 amide bonds. The predicted molar refractivity (Wildman–Crippen MR) is 74.3 cm³/mol. The van der Waals surface area contributed by atoms with Gasteiger partial charge in [0.25, 0.3) is 0 Å². The van der Waals surface area contributed by atoms with Gasteiger partial charge in [-0.1, -0.05) is 12.1 Å². The number of nitrogens with zero attached hydrogens (tertiary/aromatic N) is 2. The van der Waals surface area contributed by atoms with Crippen LogP contribution in [0.25, 0.3) is 11.0 Å². The van der Waals surface area contributed by atoms with E-state index in [1.54, 1.807) is 6.20 Å². The Morgan fingerprint density at radius 3 is 2.19 bits per heavy atom. The number of anilines is 2. The molecule has 0 unspecified atom stereocenters. The van der Waals surface area contributed by atoms with E-state index in [1.165, 1.54) is 12.1 Å². The summed E-state index contributed by atoms with van der Waals surface area (Å²) in [5.74, 6) is 0.480. The summed E-state index contributed by atoms with van der Waals surface area (Å²) >= 11 is 0. The van der Waals surface area contributed by atoms with Gasteiger partial charge in [-0.2, -0.15) is 13.2 Å². The van der Waals surface area contributed by atoms with Gasteiger partial charge in [0.1, 0.15) is 5.82 Å². The zero-order valence-electron chi connectivity index (χ0n) is 10.7. The number of aromatic nitrogens is 2. The highest BCUT2D eigenvalue weighted by Crippen LogP contribution is 2.30. The standard InChI is InChI=1S/C15H10F3N3/c16-15(17,18)10-5-7-11(8-6-10)20-14-9-19-12-3-1-2-4-13(12)21-14/h1-9H,(H,20,21). The molecule has 1 N–H and O–H groups in total. The molecule has 0 aliphatic heterocycles. The van der Waals surface area contributed by atoms with Crippen molar-refractivity contribution in [1.82, 2.24) is 9.97 Å². The van der Waals surface area contributed by atoms with E-state index in [0.717, 1.165) is 23.2 Å². The largest absolute Gasteiger partial charge is 0.416 e. The zero-order valence-corrected chi connectivity index (χ0v) is 10.7. The number of alkyl halides is 3. The van der Waals surface area contributed by atoms with E-state index in [1.807, 2.05) is 24.3 Å². The molecular formula is C15H10F3N3. The fraction of sp³-hybridized carbons (Fsp3) is 0.0667. The molecule has 3 nitrogen and oxygen atoms in total. The lowest BCUT2D eigenvalue weighted by Gasteiger charge is -2.09. The lowest BCUT2D eigenvalue weighted by Crippen LogP contribution is -2.04. The quantitative estimate of drug-likeness (QED) is 0.760. The molecule has 3 aromatic rings. The number of halogens is 3. The van der Waals surface area contributed by atoms with Gasteiger partial charge in [-0.15, -0.1) is 0 Å². The lowest BCUT2D eigenvalue weighted by molar-refractivity contribution is -0.137. The fourth-order valence-electron chi connectivity index (χ4n) is 1.91. The van der Waals surface area contributed by atoms with E-state index in [2.05, 4.69) is 15.3 Å². The van der Waals surface area contributed by atoms with Crippen molar-refractivity contribution in [2.45, 2.75) is 6.18 Å². The molecule has 21 heavy (non-hydrogen) atoms. The molecule has 0 aliphatic rings. The number of nitrogens with one attached hydrogen (secondary N) is 1. The molecule has 0 fully saturated rings. The minimum Gasteiger partial charge on any atom is -0.339 e. The summed E-state index contributed by atoms with van der Waals surface area (Å²) in [4.78, 5) is 8.57.